The summed E-state index contributed by atoms with van der Waals surface area (Å²) in [6.07, 6.45) is 1.83. The van der Waals surface area contributed by atoms with Crippen molar-refractivity contribution in [2.24, 2.45) is 0 Å². The lowest BCUT2D eigenvalue weighted by Crippen LogP contribution is -2.07. The van der Waals surface area contributed by atoms with Gasteiger partial charge >= 0.3 is 0 Å². The Kier molecular flexibility index (Phi) is 4.30. The van der Waals surface area contributed by atoms with E-state index in [0.717, 1.165) is 28.0 Å². The second-order valence-electron chi connectivity index (χ2n) is 5.78. The maximum absolute atomic E-state index is 9.11. The summed E-state index contributed by atoms with van der Waals surface area (Å²) in [7, 11) is 0. The van der Waals surface area contributed by atoms with Crippen LogP contribution < -0.4 is 5.32 Å². The van der Waals surface area contributed by atoms with E-state index in [1.807, 2.05) is 30.8 Å². The first-order valence-corrected chi connectivity index (χ1v) is 7.83. The van der Waals surface area contributed by atoms with Gasteiger partial charge in [-0.3, -0.25) is 9.67 Å². The Hall–Kier alpha value is -2.40. The third-order valence-electron chi connectivity index (χ3n) is 4.27. The molecule has 0 aliphatic heterocycles. The van der Waals surface area contributed by atoms with Crippen LogP contribution >= 0.6 is 0 Å². The zero-order valence-electron chi connectivity index (χ0n) is 13.8. The molecule has 2 N–H and O–H groups in total. The maximum Gasteiger partial charge on any atom is 0.0751 e. The molecule has 23 heavy (non-hydrogen) atoms. The molecule has 120 valence electrons. The monoisotopic (exact) mass is 310 g/mol. The fourth-order valence-electron chi connectivity index (χ4n) is 2.95. The van der Waals surface area contributed by atoms with Crippen molar-refractivity contribution in [1.29, 1.82) is 0 Å². The summed E-state index contributed by atoms with van der Waals surface area (Å²) in [5, 5.41) is 18.2. The molecule has 0 saturated heterocycles. The highest BCUT2D eigenvalue weighted by Crippen LogP contribution is 2.25. The van der Waals surface area contributed by atoms with Gasteiger partial charge in [0.25, 0.3) is 0 Å². The number of aromatic nitrogens is 3. The minimum absolute atomic E-state index is 0.100. The predicted octanol–water partition coefficient (Wildman–Crippen LogP) is 2.96. The molecule has 1 aromatic carbocycles. The van der Waals surface area contributed by atoms with Crippen LogP contribution in [0.4, 0.5) is 5.69 Å². The fourth-order valence-corrected chi connectivity index (χ4v) is 2.95. The summed E-state index contributed by atoms with van der Waals surface area (Å²) in [5.74, 6) is 0. The van der Waals surface area contributed by atoms with Crippen LogP contribution in [-0.4, -0.2) is 26.5 Å². The Morgan fingerprint density at radius 3 is 2.78 bits per heavy atom. The highest BCUT2D eigenvalue weighted by atomic mass is 16.3. The van der Waals surface area contributed by atoms with Gasteiger partial charge in [-0.15, -0.1) is 0 Å². The van der Waals surface area contributed by atoms with Crippen LogP contribution in [0.2, 0.25) is 0 Å². The smallest absolute Gasteiger partial charge is 0.0751 e. The van der Waals surface area contributed by atoms with E-state index in [4.69, 9.17) is 5.11 Å². The first-order valence-electron chi connectivity index (χ1n) is 7.83. The Morgan fingerprint density at radius 1 is 1.17 bits per heavy atom. The molecular weight excluding hydrogens is 288 g/mol. The lowest BCUT2D eigenvalue weighted by atomic mass is 10.1. The van der Waals surface area contributed by atoms with Gasteiger partial charge in [0.05, 0.1) is 24.4 Å². The molecule has 2 aromatic heterocycles. The van der Waals surface area contributed by atoms with E-state index in [0.29, 0.717) is 13.1 Å². The standard InChI is InChI=1S/C18H22N4O/c1-12-6-7-17(15-5-4-8-19-18(12)15)20-11-16-13(2)21-22(9-10-23)14(16)3/h4-8,20,23H,9-11H2,1-3H3. The lowest BCUT2D eigenvalue weighted by Gasteiger charge is -2.11. The van der Waals surface area contributed by atoms with Crippen molar-refractivity contribution >= 4 is 16.6 Å². The van der Waals surface area contributed by atoms with Gasteiger partial charge in [0.1, 0.15) is 0 Å². The maximum atomic E-state index is 9.11. The van der Waals surface area contributed by atoms with Gasteiger partial charge in [-0.25, -0.2) is 0 Å². The van der Waals surface area contributed by atoms with E-state index in [-0.39, 0.29) is 6.61 Å². The van der Waals surface area contributed by atoms with E-state index < -0.39 is 0 Å². The van der Waals surface area contributed by atoms with Gasteiger partial charge in [-0.1, -0.05) is 6.07 Å². The molecule has 0 radical (unpaired) electrons. The molecule has 0 spiro atoms. The third-order valence-corrected chi connectivity index (χ3v) is 4.27. The van der Waals surface area contributed by atoms with E-state index in [1.54, 1.807) is 0 Å². The molecule has 0 amide bonds. The largest absolute Gasteiger partial charge is 0.394 e. The molecule has 0 saturated carbocycles. The van der Waals surface area contributed by atoms with Crippen molar-refractivity contribution in [2.45, 2.75) is 33.9 Å². The number of fused-ring (bicyclic) bond motifs is 1. The van der Waals surface area contributed by atoms with E-state index in [1.165, 1.54) is 11.1 Å². The average molecular weight is 310 g/mol. The number of rotatable bonds is 5. The average Bonchev–Trinajstić information content (AvgIpc) is 2.82. The molecule has 2 heterocycles. The van der Waals surface area contributed by atoms with Crippen LogP contribution in [0.5, 0.6) is 0 Å². The first-order chi connectivity index (χ1) is 11.1. The van der Waals surface area contributed by atoms with Crippen molar-refractivity contribution in [3.05, 3.63) is 53.0 Å². The Labute approximate surface area is 136 Å². The van der Waals surface area contributed by atoms with Crippen molar-refractivity contribution in [2.75, 3.05) is 11.9 Å². The number of aliphatic hydroxyl groups excluding tert-OH is 1. The molecule has 0 fully saturated rings. The highest BCUT2D eigenvalue weighted by Gasteiger charge is 2.12. The van der Waals surface area contributed by atoms with E-state index in [2.05, 4.69) is 40.5 Å². The number of benzene rings is 1. The van der Waals surface area contributed by atoms with Crippen LogP contribution in [0.1, 0.15) is 22.5 Å². The van der Waals surface area contributed by atoms with Gasteiger partial charge in [-0.05, 0) is 44.5 Å². The van der Waals surface area contributed by atoms with Gasteiger partial charge in [0, 0.05) is 35.1 Å². The van der Waals surface area contributed by atoms with Crippen LogP contribution in [0, 0.1) is 20.8 Å². The second kappa shape index (κ2) is 6.38. The fraction of sp³-hybridized carbons (Fsp3) is 0.333. The number of anilines is 1. The molecular formula is C18H22N4O. The van der Waals surface area contributed by atoms with Crippen LogP contribution in [0.15, 0.2) is 30.5 Å². The summed E-state index contributed by atoms with van der Waals surface area (Å²) in [5.41, 5.74) is 6.55. The minimum atomic E-state index is 0.100. The van der Waals surface area contributed by atoms with Crippen LogP contribution in [0.3, 0.4) is 0 Å². The van der Waals surface area contributed by atoms with Gasteiger partial charge < -0.3 is 10.4 Å². The number of hydrogen-bond acceptors (Lipinski definition) is 4. The van der Waals surface area contributed by atoms with Crippen LogP contribution in [-0.2, 0) is 13.1 Å². The summed E-state index contributed by atoms with van der Waals surface area (Å²) < 4.78 is 1.86. The molecule has 0 aliphatic rings. The molecule has 0 bridgehead atoms. The van der Waals surface area contributed by atoms with Crippen molar-refractivity contribution in [3.63, 3.8) is 0 Å². The zero-order chi connectivity index (χ0) is 16.4. The van der Waals surface area contributed by atoms with E-state index >= 15 is 0 Å². The number of aliphatic hydroxyl groups is 1. The molecule has 5 heteroatoms. The third kappa shape index (κ3) is 2.92. The van der Waals surface area contributed by atoms with Crippen molar-refractivity contribution in [3.8, 4) is 0 Å². The van der Waals surface area contributed by atoms with Gasteiger partial charge in [0.2, 0.25) is 0 Å². The minimum Gasteiger partial charge on any atom is -0.394 e. The summed E-state index contributed by atoms with van der Waals surface area (Å²) in [4.78, 5) is 4.48. The highest BCUT2D eigenvalue weighted by molar-refractivity contribution is 5.93. The normalized spacial score (nSPS) is 11.1. The summed E-state index contributed by atoms with van der Waals surface area (Å²) >= 11 is 0. The van der Waals surface area contributed by atoms with Crippen molar-refractivity contribution < 1.29 is 5.11 Å². The number of pyridine rings is 1. The second-order valence-corrected chi connectivity index (χ2v) is 5.78. The van der Waals surface area contributed by atoms with Gasteiger partial charge in [0.15, 0.2) is 0 Å². The Balaban J connectivity index is 1.89. The number of aryl methyl sites for hydroxylation is 2. The Bertz CT molecular complexity index is 838. The Morgan fingerprint density at radius 2 is 2.00 bits per heavy atom. The quantitative estimate of drug-likeness (QED) is 0.760. The summed E-state index contributed by atoms with van der Waals surface area (Å²) in [6, 6.07) is 8.24. The molecule has 3 rings (SSSR count). The molecule has 3 aromatic rings. The predicted molar refractivity (Wildman–Crippen MR) is 92.6 cm³/mol. The molecule has 5 nitrogen and oxygen atoms in total. The van der Waals surface area contributed by atoms with E-state index in [9.17, 15) is 0 Å². The number of hydrogen-bond donors (Lipinski definition) is 2. The summed E-state index contributed by atoms with van der Waals surface area (Å²) in [6.45, 7) is 7.46. The molecule has 0 aliphatic carbocycles. The SMILES string of the molecule is Cc1nn(CCO)c(C)c1CNc1ccc(C)c2ncccc12. The number of nitrogens with one attached hydrogen (secondary N) is 1. The number of nitrogens with zero attached hydrogens (tertiary/aromatic N) is 3. The molecule has 0 unspecified atom stereocenters. The first kappa shape index (κ1) is 15.5. The van der Waals surface area contributed by atoms with Gasteiger partial charge in [-0.2, -0.15) is 5.10 Å². The topological polar surface area (TPSA) is 63.0 Å². The zero-order valence-corrected chi connectivity index (χ0v) is 13.8. The lowest BCUT2D eigenvalue weighted by molar-refractivity contribution is 0.268. The molecule has 0 atom stereocenters. The van der Waals surface area contributed by atoms with Crippen LogP contribution in [0.25, 0.3) is 10.9 Å². The van der Waals surface area contributed by atoms with Crippen molar-refractivity contribution in [1.82, 2.24) is 14.8 Å².